The molecule has 1 saturated carbocycles. The largest absolute Gasteiger partial charge is 0.438 e. The number of amides is 1. The summed E-state index contributed by atoms with van der Waals surface area (Å²) in [5.41, 5.74) is 4.09. The lowest BCUT2D eigenvalue weighted by Crippen LogP contribution is -2.31. The highest BCUT2D eigenvalue weighted by Crippen LogP contribution is 2.38. The van der Waals surface area contributed by atoms with Gasteiger partial charge < -0.3 is 4.74 Å². The zero-order valence-corrected chi connectivity index (χ0v) is 23.2. The second-order valence-electron chi connectivity index (χ2n) is 10.1. The van der Waals surface area contributed by atoms with Gasteiger partial charge in [0.25, 0.3) is 15.9 Å². The van der Waals surface area contributed by atoms with Gasteiger partial charge in [-0.05, 0) is 95.7 Å². The van der Waals surface area contributed by atoms with Crippen molar-refractivity contribution in [3.63, 3.8) is 0 Å². The molecule has 1 N–H and O–H groups in total. The van der Waals surface area contributed by atoms with E-state index < -0.39 is 15.9 Å². The molecule has 204 valence electrons. The molecule has 0 atom stereocenters. The first-order valence-corrected chi connectivity index (χ1v) is 14.2. The Hall–Kier alpha value is -3.59. The van der Waals surface area contributed by atoms with Gasteiger partial charge in [-0.1, -0.05) is 23.8 Å². The normalized spacial score (nSPS) is 17.6. The minimum Gasteiger partial charge on any atom is -0.438 e. The van der Waals surface area contributed by atoms with E-state index in [9.17, 15) is 18.0 Å². The molecule has 4 rings (SSSR count). The first kappa shape index (κ1) is 27.4. The number of aryl methyl sites for hydroxylation is 4. The van der Waals surface area contributed by atoms with Crippen LogP contribution in [0.25, 0.3) is 0 Å². The third kappa shape index (κ3) is 6.10. The summed E-state index contributed by atoms with van der Waals surface area (Å²) in [6.07, 6.45) is 3.19. The molecule has 1 aliphatic carbocycles. The van der Waals surface area contributed by atoms with Crippen LogP contribution in [0.1, 0.15) is 79.8 Å². The van der Waals surface area contributed by atoms with Gasteiger partial charge in [-0.3, -0.25) is 9.59 Å². The Balaban J connectivity index is 0.00000280. The third-order valence-electron chi connectivity index (χ3n) is 7.02. The van der Waals surface area contributed by atoms with Gasteiger partial charge in [0, 0.05) is 26.1 Å². The van der Waals surface area contributed by atoms with Crippen LogP contribution < -0.4 is 9.46 Å². The molecule has 1 fully saturated rings. The SMILES string of the molecule is CC(=O)C1CCC(c2ccc(C(=O)NS(=O)(=O)c3cccc(C)n3)c(Oc3c(C)cc(C)cc3C)n2)CC1.[HH].[HH]. The van der Waals surface area contributed by atoms with E-state index in [2.05, 4.69) is 9.71 Å². The summed E-state index contributed by atoms with van der Waals surface area (Å²) in [5.74, 6) is 0.150. The maximum atomic E-state index is 13.3. The zero-order chi connectivity index (χ0) is 27.6. The summed E-state index contributed by atoms with van der Waals surface area (Å²) in [5, 5.41) is -0.245. The average molecular weight is 540 g/mol. The Morgan fingerprint density at radius 3 is 2.21 bits per heavy atom. The Bertz CT molecular complexity index is 1480. The molecule has 0 saturated heterocycles. The van der Waals surface area contributed by atoms with Crippen molar-refractivity contribution >= 4 is 21.7 Å². The number of rotatable bonds is 7. The maximum absolute atomic E-state index is 13.3. The highest BCUT2D eigenvalue weighted by molar-refractivity contribution is 7.90. The summed E-state index contributed by atoms with van der Waals surface area (Å²) < 4.78 is 34.2. The molecule has 0 bridgehead atoms. The number of benzene rings is 1. The predicted octanol–water partition coefficient (Wildman–Crippen LogP) is 5.98. The fraction of sp³-hybridized carbons (Fsp3) is 0.379. The van der Waals surface area contributed by atoms with Crippen LogP contribution in [0.15, 0.2) is 47.5 Å². The summed E-state index contributed by atoms with van der Waals surface area (Å²) in [6.45, 7) is 9.12. The standard InChI is InChI=1S/C29H33N3O5S.2H2/c1-17-15-18(2)27(19(3)16-17)37-29-24(28(34)32-38(35,36)26-8-6-7-20(4)30-26)13-14-25(31-29)23-11-9-22(10-12-23)21(5)33;;/h6-8,13-16,22-23H,9-12H2,1-5H3,(H,32,34);2*1H. The van der Waals surface area contributed by atoms with E-state index in [1.165, 1.54) is 6.07 Å². The molecule has 9 heteroatoms. The zero-order valence-electron chi connectivity index (χ0n) is 22.4. The summed E-state index contributed by atoms with van der Waals surface area (Å²) in [4.78, 5) is 33.9. The van der Waals surface area contributed by atoms with E-state index in [1.54, 1.807) is 38.1 Å². The highest BCUT2D eigenvalue weighted by Gasteiger charge is 2.28. The van der Waals surface area contributed by atoms with E-state index >= 15 is 0 Å². The molecule has 1 amide bonds. The van der Waals surface area contributed by atoms with Gasteiger partial charge in [0.1, 0.15) is 17.1 Å². The van der Waals surface area contributed by atoms with E-state index in [0.29, 0.717) is 11.4 Å². The summed E-state index contributed by atoms with van der Waals surface area (Å²) in [6, 6.07) is 11.8. The number of carbonyl (C=O) groups is 2. The Kier molecular flexibility index (Phi) is 7.97. The number of hydrogen-bond acceptors (Lipinski definition) is 7. The van der Waals surface area contributed by atoms with Crippen LogP contribution in [0.2, 0.25) is 0 Å². The number of hydrogen-bond donors (Lipinski definition) is 1. The van der Waals surface area contributed by atoms with Crippen LogP contribution in [-0.2, 0) is 14.8 Å². The van der Waals surface area contributed by atoms with E-state index in [4.69, 9.17) is 9.72 Å². The Morgan fingerprint density at radius 1 is 0.947 bits per heavy atom. The minimum absolute atomic E-state index is 0. The number of nitrogens with zero attached hydrogens (tertiary/aromatic N) is 2. The van der Waals surface area contributed by atoms with E-state index in [0.717, 1.165) is 48.1 Å². The highest BCUT2D eigenvalue weighted by atomic mass is 32.2. The number of ether oxygens (including phenoxy) is 1. The molecule has 38 heavy (non-hydrogen) atoms. The molecule has 0 radical (unpaired) electrons. The molecule has 2 aromatic heterocycles. The van der Waals surface area contributed by atoms with Crippen molar-refractivity contribution in [3.8, 4) is 11.6 Å². The van der Waals surface area contributed by atoms with Crippen LogP contribution >= 0.6 is 0 Å². The molecular formula is C29H37N3O5S. The lowest BCUT2D eigenvalue weighted by molar-refractivity contribution is -0.121. The smallest absolute Gasteiger partial charge is 0.281 e. The third-order valence-corrected chi connectivity index (χ3v) is 8.25. The number of pyridine rings is 2. The Labute approximate surface area is 226 Å². The quantitative estimate of drug-likeness (QED) is 0.393. The summed E-state index contributed by atoms with van der Waals surface area (Å²) >= 11 is 0. The van der Waals surface area contributed by atoms with E-state index in [1.807, 2.05) is 32.9 Å². The predicted molar refractivity (Wildman–Crippen MR) is 148 cm³/mol. The second kappa shape index (κ2) is 11.0. The van der Waals surface area contributed by atoms with Gasteiger partial charge in [0.2, 0.25) is 5.88 Å². The fourth-order valence-electron chi connectivity index (χ4n) is 5.05. The molecule has 3 aromatic rings. The molecule has 0 spiro atoms. The molecule has 0 aliphatic heterocycles. The first-order chi connectivity index (χ1) is 17.9. The number of aromatic nitrogens is 2. The van der Waals surface area contributed by atoms with Crippen LogP contribution in [-0.4, -0.2) is 30.1 Å². The molecule has 2 heterocycles. The summed E-state index contributed by atoms with van der Waals surface area (Å²) in [7, 11) is -4.21. The molecule has 1 aromatic carbocycles. The monoisotopic (exact) mass is 539 g/mol. The van der Waals surface area contributed by atoms with Crippen molar-refractivity contribution in [2.45, 2.75) is 71.2 Å². The topological polar surface area (TPSA) is 115 Å². The number of carbonyl (C=O) groups excluding carboxylic acids is 2. The van der Waals surface area contributed by atoms with Crippen LogP contribution in [0.4, 0.5) is 0 Å². The van der Waals surface area contributed by atoms with Gasteiger partial charge in [-0.25, -0.2) is 14.7 Å². The molecule has 1 aliphatic rings. The van der Waals surface area contributed by atoms with Gasteiger partial charge in [0.05, 0.1) is 0 Å². The lowest BCUT2D eigenvalue weighted by atomic mass is 9.79. The minimum atomic E-state index is -4.21. The van der Waals surface area contributed by atoms with Crippen molar-refractivity contribution in [2.24, 2.45) is 5.92 Å². The van der Waals surface area contributed by atoms with Gasteiger partial charge in [-0.2, -0.15) is 8.42 Å². The fourth-order valence-corrected chi connectivity index (χ4v) is 6.03. The van der Waals surface area contributed by atoms with Gasteiger partial charge in [-0.15, -0.1) is 0 Å². The average Bonchev–Trinajstić information content (AvgIpc) is 2.86. The van der Waals surface area contributed by atoms with Crippen molar-refractivity contribution in [2.75, 3.05) is 0 Å². The van der Waals surface area contributed by atoms with Gasteiger partial charge >= 0.3 is 0 Å². The lowest BCUT2D eigenvalue weighted by Gasteiger charge is -2.27. The molecular weight excluding hydrogens is 502 g/mol. The van der Waals surface area contributed by atoms with Crippen molar-refractivity contribution in [3.05, 3.63) is 76.1 Å². The number of sulfonamides is 1. The van der Waals surface area contributed by atoms with Crippen LogP contribution in [0.5, 0.6) is 11.6 Å². The van der Waals surface area contributed by atoms with Crippen molar-refractivity contribution < 1.29 is 25.6 Å². The maximum Gasteiger partial charge on any atom is 0.281 e. The van der Waals surface area contributed by atoms with Crippen LogP contribution in [0, 0.1) is 33.6 Å². The number of nitrogens with one attached hydrogen (secondary N) is 1. The number of Topliss-reactive ketones (excluding diaryl/α,β-unsaturated/α-hetero) is 1. The second-order valence-corrected chi connectivity index (χ2v) is 11.8. The number of ketones is 1. The molecule has 0 unspecified atom stereocenters. The molecule has 8 nitrogen and oxygen atoms in total. The van der Waals surface area contributed by atoms with Gasteiger partial charge in [0.15, 0.2) is 5.03 Å². The van der Waals surface area contributed by atoms with E-state index in [-0.39, 0.29) is 36.9 Å². The van der Waals surface area contributed by atoms with Crippen molar-refractivity contribution in [1.29, 1.82) is 0 Å². The van der Waals surface area contributed by atoms with Crippen molar-refractivity contribution in [1.82, 2.24) is 14.7 Å². The Morgan fingerprint density at radius 2 is 1.61 bits per heavy atom. The van der Waals surface area contributed by atoms with Crippen LogP contribution in [0.3, 0.4) is 0 Å². The first-order valence-electron chi connectivity index (χ1n) is 12.7.